The number of unbranched alkanes of at least 4 members (excludes halogenated alkanes) is 2. The molecule has 6 amide bonds. The Morgan fingerprint density at radius 1 is 0.897 bits per heavy atom. The van der Waals surface area contributed by atoms with Gasteiger partial charge in [-0.2, -0.15) is 12.6 Å². The van der Waals surface area contributed by atoms with E-state index in [1.54, 1.807) is 24.6 Å². The number of esters is 1. The summed E-state index contributed by atoms with van der Waals surface area (Å²) in [6.07, 6.45) is 2.60. The highest BCUT2D eigenvalue weighted by Gasteiger charge is 2.42. The first-order chi connectivity index (χ1) is 37.4. The number of nitrogens with zero attached hydrogens (tertiary/aromatic N) is 3. The number of nitrogens with one attached hydrogen (secondary N) is 5. The second kappa shape index (κ2) is 29.7. The first-order valence-electron chi connectivity index (χ1n) is 26.0. The van der Waals surface area contributed by atoms with Crippen LogP contribution in [0.1, 0.15) is 104 Å². The van der Waals surface area contributed by atoms with E-state index in [9.17, 15) is 48.3 Å². The van der Waals surface area contributed by atoms with Gasteiger partial charge >= 0.3 is 5.97 Å². The van der Waals surface area contributed by atoms with E-state index in [2.05, 4.69) is 65.2 Å². The number of ether oxygens (including phenoxy) is 3. The molecule has 0 spiro atoms. The maximum Gasteiger partial charge on any atom is 0.340 e. The highest BCUT2D eigenvalue weighted by atomic mass is 32.1. The maximum atomic E-state index is 15.1. The Morgan fingerprint density at radius 3 is 2.23 bits per heavy atom. The van der Waals surface area contributed by atoms with E-state index in [1.807, 2.05) is 32.0 Å². The van der Waals surface area contributed by atoms with Crippen LogP contribution in [0.3, 0.4) is 0 Å². The molecule has 6 N–H and O–H groups in total. The van der Waals surface area contributed by atoms with Crippen molar-refractivity contribution in [3.05, 3.63) is 97.6 Å². The highest BCUT2D eigenvalue weighted by molar-refractivity contribution is 7.81. The van der Waals surface area contributed by atoms with Gasteiger partial charge in [-0.3, -0.25) is 38.5 Å². The van der Waals surface area contributed by atoms with E-state index >= 15 is 4.39 Å². The van der Waals surface area contributed by atoms with Gasteiger partial charge in [0.05, 0.1) is 80.3 Å². The molecule has 2 aromatic heterocycles. The average Bonchev–Trinajstić information content (AvgIpc) is 4.02. The molecule has 4 aliphatic rings. The third-order valence-corrected chi connectivity index (χ3v) is 13.7. The molecule has 1 fully saturated rings. The van der Waals surface area contributed by atoms with Crippen molar-refractivity contribution in [2.24, 2.45) is 0 Å². The zero-order valence-corrected chi connectivity index (χ0v) is 45.9. The van der Waals surface area contributed by atoms with E-state index in [-0.39, 0.29) is 124 Å². The van der Waals surface area contributed by atoms with Crippen molar-refractivity contribution in [1.29, 1.82) is 0 Å². The Bertz CT molecular complexity index is 2900. The molecule has 422 valence electrons. The van der Waals surface area contributed by atoms with Gasteiger partial charge in [-0.25, -0.2) is 14.2 Å². The summed E-state index contributed by atoms with van der Waals surface area (Å²) in [6.45, 7) is 10.7. The van der Waals surface area contributed by atoms with Gasteiger partial charge in [0.15, 0.2) is 6.10 Å². The second-order valence-corrected chi connectivity index (χ2v) is 19.5. The Balaban J connectivity index is 0.000000290. The monoisotopic (exact) mass is 1100 g/mol. The first-order valence-corrected chi connectivity index (χ1v) is 26.5. The van der Waals surface area contributed by atoms with Gasteiger partial charge in [0.2, 0.25) is 35.4 Å². The molecule has 3 atom stereocenters. The van der Waals surface area contributed by atoms with E-state index < -0.39 is 28.6 Å². The van der Waals surface area contributed by atoms with Crippen LogP contribution >= 0.6 is 12.6 Å². The number of carbonyl (C=O) groups excluding carboxylic acids is 8. The topological polar surface area (TPSA) is 283 Å². The average molecular weight is 1100 g/mol. The van der Waals surface area contributed by atoms with Crippen LogP contribution < -0.4 is 32.1 Å². The summed E-state index contributed by atoms with van der Waals surface area (Å²) in [6, 6.07) is 13.3. The number of amides is 6. The minimum absolute atomic E-state index is 0.0413. The van der Waals surface area contributed by atoms with E-state index in [4.69, 9.17) is 19.2 Å². The summed E-state index contributed by atoms with van der Waals surface area (Å²) >= 11 is 4.04. The van der Waals surface area contributed by atoms with Crippen LogP contribution in [0.2, 0.25) is 0 Å². The zero-order valence-electron chi connectivity index (χ0n) is 45.0. The summed E-state index contributed by atoms with van der Waals surface area (Å²) in [4.78, 5) is 111. The first kappa shape index (κ1) is 61.9. The molecule has 1 aliphatic carbocycles. The molecular weight excluding hydrogens is 1030 g/mol. The molecule has 0 bridgehead atoms. The van der Waals surface area contributed by atoms with Crippen molar-refractivity contribution in [2.75, 3.05) is 66.3 Å². The fourth-order valence-electron chi connectivity index (χ4n) is 9.32. The fourth-order valence-corrected chi connectivity index (χ4v) is 9.61. The second-order valence-electron chi connectivity index (χ2n) is 18.9. The Hall–Kier alpha value is -6.92. The normalized spacial score (nSPS) is 17.3. The summed E-state index contributed by atoms with van der Waals surface area (Å²) in [5.41, 5.74) is 5.52. The summed E-state index contributed by atoms with van der Waals surface area (Å²) in [5.74, 6) is -2.97. The number of rotatable bonds is 21. The number of hydrogen-bond acceptors (Lipinski definition) is 16. The number of aliphatic hydroxyl groups is 1. The predicted octanol–water partition coefficient (Wildman–Crippen LogP) is 2.67. The Kier molecular flexibility index (Phi) is 23.6. The number of aryl methyl sites for hydroxylation is 2. The molecule has 8 rings (SSSR count). The van der Waals surface area contributed by atoms with Gasteiger partial charge in [-0.05, 0) is 69.3 Å². The number of halogens is 1. The number of likely N-dealkylation sites (tertiary alicyclic amines) is 1. The van der Waals surface area contributed by atoms with E-state index in [0.717, 1.165) is 22.1 Å². The van der Waals surface area contributed by atoms with Gasteiger partial charge in [0, 0.05) is 47.4 Å². The SMILES string of the molecule is CC.CNCC(=O)NCC(=O)NCOCCOCC1(C)CCc2c(C)c(F)cc3nc4c(c1c23)Cn1c-4cc2c(c1=O)COC(=O)C2O.Cc1ccccc1.O=CCNC(=O)CNC(=O)CCCCCN1C(=O)CC(S)C1=O. The van der Waals surface area contributed by atoms with Crippen LogP contribution in [-0.2, 0) is 77.6 Å². The molecule has 4 aromatic rings. The lowest BCUT2D eigenvalue weighted by Crippen LogP contribution is -2.40. The number of likely N-dealkylation sites (N-methyl/N-ethyl adjacent to an activating group) is 1. The van der Waals surface area contributed by atoms with Crippen molar-refractivity contribution in [3.8, 4) is 11.4 Å². The number of pyridine rings is 2. The third kappa shape index (κ3) is 15.9. The van der Waals surface area contributed by atoms with Crippen LogP contribution in [0.15, 0.2) is 47.3 Å². The van der Waals surface area contributed by atoms with Crippen LogP contribution in [-0.4, -0.2) is 139 Å². The number of cyclic esters (lactones) is 1. The third-order valence-electron chi connectivity index (χ3n) is 13.3. The van der Waals surface area contributed by atoms with Gasteiger partial charge in [0.1, 0.15) is 25.4 Å². The molecule has 0 saturated carbocycles. The van der Waals surface area contributed by atoms with Crippen molar-refractivity contribution in [2.45, 2.75) is 109 Å². The lowest BCUT2D eigenvalue weighted by molar-refractivity contribution is -0.157. The fraction of sp³-hybridized carbons (Fsp3) is 0.491. The molecule has 2 aromatic carbocycles. The molecule has 3 unspecified atom stereocenters. The standard InChI is InChI=1S/C32H36FN5O8.C14H21N3O5S.C7H8.C2H6/c1-16-17-4-5-32(2,14-44-6-7-45-15-36-25(40)11-35-24(39)10-34-3)27-19-12-38-23(28(19)37-22(26(17)27)9-21(16)33)8-18-20(30(38)42)13-46-31(43)29(18)41;18-7-5-15-12(20)9-16-11(19)4-2-1-3-6-17-13(21)8-10(23)14(17)22;1-7-5-3-2-4-6-7;1-2/h8-9,29,34,41H,4-7,10-15H2,1-3H3,(H,35,39)(H,36,40);7,10,23H,1-6,8-9H2,(H,15,20)(H,16,19);2-6H,1H3;1-2H3. The van der Waals surface area contributed by atoms with Gasteiger partial charge < -0.3 is 55.3 Å². The van der Waals surface area contributed by atoms with Gasteiger partial charge in [-0.1, -0.05) is 63.1 Å². The van der Waals surface area contributed by atoms with Crippen molar-refractivity contribution >= 4 is 71.2 Å². The predicted molar refractivity (Wildman–Crippen MR) is 290 cm³/mol. The Labute approximate surface area is 457 Å². The molecule has 21 nitrogen and oxygen atoms in total. The highest BCUT2D eigenvalue weighted by Crippen LogP contribution is 2.48. The quantitative estimate of drug-likeness (QED) is 0.0139. The number of imide groups is 1. The van der Waals surface area contributed by atoms with Crippen LogP contribution in [0.4, 0.5) is 4.39 Å². The van der Waals surface area contributed by atoms with Crippen LogP contribution in [0.5, 0.6) is 0 Å². The van der Waals surface area contributed by atoms with E-state index in [0.29, 0.717) is 74.0 Å². The largest absolute Gasteiger partial charge is 0.458 e. The van der Waals surface area contributed by atoms with Gasteiger partial charge in [-0.15, -0.1) is 0 Å². The van der Waals surface area contributed by atoms with Gasteiger partial charge in [0.25, 0.3) is 5.56 Å². The van der Waals surface area contributed by atoms with Crippen molar-refractivity contribution < 1.29 is 62.1 Å². The smallest absolute Gasteiger partial charge is 0.340 e. The number of thiol groups is 1. The zero-order chi connectivity index (χ0) is 57.1. The molecule has 5 heterocycles. The number of fused-ring (bicyclic) bond motifs is 5. The van der Waals surface area contributed by atoms with Crippen LogP contribution in [0.25, 0.3) is 22.3 Å². The molecule has 0 radical (unpaired) electrons. The maximum absolute atomic E-state index is 15.1. The number of carbonyl (C=O) groups is 8. The van der Waals surface area contributed by atoms with E-state index in [1.165, 1.54) is 16.5 Å². The molecule has 1 saturated heterocycles. The lowest BCUT2D eigenvalue weighted by Gasteiger charge is -2.37. The molecule has 78 heavy (non-hydrogen) atoms. The van der Waals surface area contributed by atoms with Crippen molar-refractivity contribution in [1.82, 2.24) is 41.0 Å². The lowest BCUT2D eigenvalue weighted by atomic mass is 9.69. The summed E-state index contributed by atoms with van der Waals surface area (Å²) < 4.78 is 33.3. The molecule has 3 aliphatic heterocycles. The number of aliphatic hydroxyl groups excluding tert-OH is 1. The minimum Gasteiger partial charge on any atom is -0.458 e. The number of aromatic nitrogens is 2. The molecule has 23 heteroatoms. The number of hydrogen-bond donors (Lipinski definition) is 7. The van der Waals surface area contributed by atoms with Crippen molar-refractivity contribution in [3.63, 3.8) is 0 Å². The number of aldehydes is 1. The summed E-state index contributed by atoms with van der Waals surface area (Å²) in [7, 11) is 1.64. The van der Waals surface area contributed by atoms with Crippen LogP contribution in [0, 0.1) is 19.7 Å². The Morgan fingerprint density at radius 2 is 1.58 bits per heavy atom. The number of benzene rings is 2. The summed E-state index contributed by atoms with van der Waals surface area (Å²) in [5, 5.41) is 23.3. The molecular formula is C55H71FN8O13S. The minimum atomic E-state index is -1.57.